The van der Waals surface area contributed by atoms with Crippen molar-refractivity contribution in [2.75, 3.05) is 7.11 Å². The minimum absolute atomic E-state index is 0.418. The lowest BCUT2D eigenvalue weighted by atomic mass is 10.2. The van der Waals surface area contributed by atoms with Crippen molar-refractivity contribution < 1.29 is 9.26 Å². The zero-order chi connectivity index (χ0) is 17.8. The molecule has 25 heavy (non-hydrogen) atoms. The zero-order valence-electron chi connectivity index (χ0n) is 14.0. The van der Waals surface area contributed by atoms with Gasteiger partial charge in [0.1, 0.15) is 28.2 Å². The number of methoxy groups -OCH3 is 1. The van der Waals surface area contributed by atoms with Crippen LogP contribution in [0.2, 0.25) is 0 Å². The van der Waals surface area contributed by atoms with Crippen LogP contribution in [0.5, 0.6) is 5.75 Å². The number of ether oxygens (including phenoxy) is 1. The molecule has 3 rings (SSSR count). The highest BCUT2D eigenvalue weighted by Gasteiger charge is 2.14. The Kier molecular flexibility index (Phi) is 4.95. The molecule has 1 aromatic carbocycles. The number of aromatic nitrogens is 4. The van der Waals surface area contributed by atoms with E-state index in [2.05, 4.69) is 26.2 Å². The molecule has 0 amide bonds. The second-order valence-electron chi connectivity index (χ2n) is 5.18. The summed E-state index contributed by atoms with van der Waals surface area (Å²) >= 11 is 1.37. The molecule has 0 saturated heterocycles. The first kappa shape index (κ1) is 16.9. The Morgan fingerprint density at radius 2 is 2.08 bits per heavy atom. The first-order valence-electron chi connectivity index (χ1n) is 7.46. The summed E-state index contributed by atoms with van der Waals surface area (Å²) in [5.74, 6) is 2.72. The van der Waals surface area contributed by atoms with E-state index in [4.69, 9.17) is 9.26 Å². The third-order valence-electron chi connectivity index (χ3n) is 3.41. The van der Waals surface area contributed by atoms with Crippen LogP contribution in [0.4, 0.5) is 0 Å². The monoisotopic (exact) mass is 353 g/mol. The second kappa shape index (κ2) is 7.32. The van der Waals surface area contributed by atoms with Crippen molar-refractivity contribution >= 4 is 11.8 Å². The van der Waals surface area contributed by atoms with E-state index in [0.717, 1.165) is 11.3 Å². The first-order chi connectivity index (χ1) is 12.1. The number of hydrogen-bond acceptors (Lipinski definition) is 8. The molecule has 0 saturated carbocycles. The van der Waals surface area contributed by atoms with E-state index in [9.17, 15) is 5.26 Å². The summed E-state index contributed by atoms with van der Waals surface area (Å²) in [6.07, 6.45) is 0. The highest BCUT2D eigenvalue weighted by atomic mass is 32.2. The van der Waals surface area contributed by atoms with E-state index in [-0.39, 0.29) is 0 Å². The Hall–Kier alpha value is -2.92. The fraction of sp³-hybridized carbons (Fsp3) is 0.235. The molecule has 0 spiro atoms. The van der Waals surface area contributed by atoms with Gasteiger partial charge in [0.25, 0.3) is 0 Å². The number of aryl methyl sites for hydroxylation is 2. The zero-order valence-corrected chi connectivity index (χ0v) is 14.8. The quantitative estimate of drug-likeness (QED) is 0.509. The van der Waals surface area contributed by atoms with Crippen molar-refractivity contribution in [3.8, 4) is 23.2 Å². The summed E-state index contributed by atoms with van der Waals surface area (Å²) in [5, 5.41) is 13.9. The lowest BCUT2D eigenvalue weighted by Gasteiger charge is -2.04. The van der Waals surface area contributed by atoms with Gasteiger partial charge in [-0.15, -0.1) is 0 Å². The number of nitrogens with zero attached hydrogens (tertiary/aromatic N) is 5. The summed E-state index contributed by atoms with van der Waals surface area (Å²) in [5.41, 5.74) is 1.95. The highest BCUT2D eigenvalue weighted by molar-refractivity contribution is 7.98. The molecular formula is C17H15N5O2S. The predicted octanol–water partition coefficient (Wildman–Crippen LogP) is 3.32. The van der Waals surface area contributed by atoms with Gasteiger partial charge in [0.15, 0.2) is 0 Å². The SMILES string of the molecule is COc1cccc(-c2noc(CSc3nc(C)nc(C)c3C#N)n2)c1. The number of hydrogen-bond donors (Lipinski definition) is 0. The second-order valence-corrected chi connectivity index (χ2v) is 6.14. The molecule has 2 aromatic heterocycles. The van der Waals surface area contributed by atoms with Crippen LogP contribution < -0.4 is 4.74 Å². The molecule has 7 nitrogen and oxygen atoms in total. The summed E-state index contributed by atoms with van der Waals surface area (Å²) in [6, 6.07) is 9.59. The lowest BCUT2D eigenvalue weighted by Crippen LogP contribution is -1.99. The van der Waals surface area contributed by atoms with Crippen LogP contribution >= 0.6 is 11.8 Å². The minimum atomic E-state index is 0.418. The van der Waals surface area contributed by atoms with Crippen molar-refractivity contribution in [1.29, 1.82) is 5.26 Å². The molecule has 8 heteroatoms. The molecule has 0 atom stereocenters. The van der Waals surface area contributed by atoms with Crippen LogP contribution in [0.25, 0.3) is 11.4 Å². The molecule has 0 N–H and O–H groups in total. The van der Waals surface area contributed by atoms with Gasteiger partial charge in [0.05, 0.1) is 18.6 Å². The summed E-state index contributed by atoms with van der Waals surface area (Å²) in [6.45, 7) is 3.59. The fourth-order valence-electron chi connectivity index (χ4n) is 2.24. The average Bonchev–Trinajstić information content (AvgIpc) is 3.08. The van der Waals surface area contributed by atoms with Crippen molar-refractivity contribution in [2.45, 2.75) is 24.6 Å². The van der Waals surface area contributed by atoms with Gasteiger partial charge < -0.3 is 9.26 Å². The normalized spacial score (nSPS) is 10.5. The number of rotatable bonds is 5. The van der Waals surface area contributed by atoms with E-state index in [1.807, 2.05) is 24.3 Å². The Labute approximate surface area is 149 Å². The van der Waals surface area contributed by atoms with Gasteiger partial charge >= 0.3 is 0 Å². The Bertz CT molecular complexity index is 948. The molecule has 0 radical (unpaired) electrons. The molecule has 0 unspecified atom stereocenters. The molecular weight excluding hydrogens is 338 g/mol. The fourth-order valence-corrected chi connectivity index (χ4v) is 3.15. The summed E-state index contributed by atoms with van der Waals surface area (Å²) < 4.78 is 10.5. The summed E-state index contributed by atoms with van der Waals surface area (Å²) in [7, 11) is 1.61. The molecule has 2 heterocycles. The van der Waals surface area contributed by atoms with E-state index in [0.29, 0.717) is 39.6 Å². The first-order valence-corrected chi connectivity index (χ1v) is 8.44. The maximum atomic E-state index is 9.28. The van der Waals surface area contributed by atoms with Crippen molar-refractivity contribution in [1.82, 2.24) is 20.1 Å². The third-order valence-corrected chi connectivity index (χ3v) is 4.37. The van der Waals surface area contributed by atoms with E-state index in [1.54, 1.807) is 21.0 Å². The molecule has 3 aromatic rings. The Morgan fingerprint density at radius 1 is 1.24 bits per heavy atom. The molecule has 0 aliphatic rings. The minimum Gasteiger partial charge on any atom is -0.497 e. The molecule has 0 aliphatic carbocycles. The van der Waals surface area contributed by atoms with Crippen LogP contribution in [-0.4, -0.2) is 27.2 Å². The van der Waals surface area contributed by atoms with Crippen LogP contribution in [0.15, 0.2) is 33.8 Å². The predicted molar refractivity (Wildman–Crippen MR) is 92.1 cm³/mol. The lowest BCUT2D eigenvalue weighted by molar-refractivity contribution is 0.391. The average molecular weight is 353 g/mol. The number of nitriles is 1. The molecule has 0 fully saturated rings. The van der Waals surface area contributed by atoms with Gasteiger partial charge in [0, 0.05) is 5.56 Å². The van der Waals surface area contributed by atoms with Gasteiger partial charge in [0.2, 0.25) is 11.7 Å². The Balaban J connectivity index is 1.78. The van der Waals surface area contributed by atoms with Gasteiger partial charge in [-0.25, -0.2) is 9.97 Å². The molecule has 0 bridgehead atoms. The third kappa shape index (κ3) is 3.78. The van der Waals surface area contributed by atoms with Crippen molar-refractivity contribution in [3.05, 3.63) is 47.2 Å². The number of benzene rings is 1. The molecule has 126 valence electrons. The van der Waals surface area contributed by atoms with Gasteiger partial charge in [-0.1, -0.05) is 29.1 Å². The van der Waals surface area contributed by atoms with E-state index >= 15 is 0 Å². The van der Waals surface area contributed by atoms with Gasteiger partial charge in [-0.05, 0) is 26.0 Å². The number of thioether (sulfide) groups is 1. The van der Waals surface area contributed by atoms with Crippen LogP contribution in [0.1, 0.15) is 23.0 Å². The topological polar surface area (TPSA) is 97.7 Å². The summed E-state index contributed by atoms with van der Waals surface area (Å²) in [4.78, 5) is 12.9. The largest absolute Gasteiger partial charge is 0.497 e. The Morgan fingerprint density at radius 3 is 2.84 bits per heavy atom. The molecule has 0 aliphatic heterocycles. The highest BCUT2D eigenvalue weighted by Crippen LogP contribution is 2.27. The van der Waals surface area contributed by atoms with E-state index < -0.39 is 0 Å². The standard InChI is InChI=1S/C17H15N5O2S/c1-10-14(8-18)17(20-11(2)19-10)25-9-15-21-16(22-24-15)12-5-4-6-13(7-12)23-3/h4-7H,9H2,1-3H3. The van der Waals surface area contributed by atoms with E-state index in [1.165, 1.54) is 11.8 Å². The van der Waals surface area contributed by atoms with Gasteiger partial charge in [-0.3, -0.25) is 0 Å². The maximum absolute atomic E-state index is 9.28. The van der Waals surface area contributed by atoms with Crippen molar-refractivity contribution in [2.24, 2.45) is 0 Å². The van der Waals surface area contributed by atoms with Crippen molar-refractivity contribution in [3.63, 3.8) is 0 Å². The maximum Gasteiger partial charge on any atom is 0.237 e. The van der Waals surface area contributed by atoms with Crippen LogP contribution in [-0.2, 0) is 5.75 Å². The van der Waals surface area contributed by atoms with Crippen LogP contribution in [0, 0.1) is 25.2 Å². The smallest absolute Gasteiger partial charge is 0.237 e. The van der Waals surface area contributed by atoms with Crippen LogP contribution in [0.3, 0.4) is 0 Å². The van der Waals surface area contributed by atoms with Gasteiger partial charge in [-0.2, -0.15) is 10.2 Å².